The highest BCUT2D eigenvalue weighted by molar-refractivity contribution is 5.79. The highest BCUT2D eigenvalue weighted by atomic mass is 16.5. The first-order valence-electron chi connectivity index (χ1n) is 13.6. The van der Waals surface area contributed by atoms with Crippen molar-refractivity contribution >= 4 is 11.8 Å². The van der Waals surface area contributed by atoms with E-state index in [1.807, 2.05) is 0 Å². The second kappa shape index (κ2) is 9.02. The van der Waals surface area contributed by atoms with Gasteiger partial charge in [-0.3, -0.25) is 9.59 Å². The maximum atomic E-state index is 12.3. The van der Waals surface area contributed by atoms with E-state index in [0.717, 1.165) is 37.9 Å². The normalized spacial score (nSPS) is 42.4. The fraction of sp³-hybridized carbons (Fsp3) is 0.889. The number of nitrogens with zero attached hydrogens (tertiary/aromatic N) is 3. The molecule has 4 fully saturated rings. The minimum atomic E-state index is -0.161. The van der Waals surface area contributed by atoms with Gasteiger partial charge in [-0.2, -0.15) is 5.21 Å². The number of carbonyl (C=O) groups is 2. The predicted octanol–water partition coefficient (Wildman–Crippen LogP) is 4.93. The number of aromatic nitrogens is 4. The molecule has 0 radical (unpaired) electrons. The highest BCUT2D eigenvalue weighted by Crippen LogP contribution is 2.68. The molecule has 0 bridgehead atoms. The van der Waals surface area contributed by atoms with Gasteiger partial charge < -0.3 is 4.74 Å². The van der Waals surface area contributed by atoms with E-state index >= 15 is 0 Å². The van der Waals surface area contributed by atoms with Crippen LogP contribution in [-0.4, -0.2) is 38.5 Å². The molecule has 1 heterocycles. The number of fused-ring (bicyclic) bond motifs is 5. The highest BCUT2D eigenvalue weighted by Gasteiger charge is 2.63. The summed E-state index contributed by atoms with van der Waals surface area (Å²) in [5, 5.41) is 14.4. The minimum Gasteiger partial charge on any atom is -0.462 e. The Morgan fingerprint density at radius 3 is 2.71 bits per heavy atom. The predicted molar refractivity (Wildman–Crippen MR) is 127 cm³/mol. The first-order valence-corrected chi connectivity index (χ1v) is 13.6. The van der Waals surface area contributed by atoms with Gasteiger partial charge in [0.15, 0.2) is 5.82 Å². The molecule has 7 heteroatoms. The van der Waals surface area contributed by atoms with Crippen LogP contribution in [0.15, 0.2) is 0 Å². The molecule has 34 heavy (non-hydrogen) atoms. The van der Waals surface area contributed by atoms with Crippen LogP contribution in [0.5, 0.6) is 0 Å². The summed E-state index contributed by atoms with van der Waals surface area (Å²) in [6, 6.07) is 0. The van der Waals surface area contributed by atoms with E-state index in [2.05, 4.69) is 41.4 Å². The van der Waals surface area contributed by atoms with Crippen molar-refractivity contribution in [2.75, 3.05) is 0 Å². The number of H-pyrrole nitrogens is 1. The lowest BCUT2D eigenvalue weighted by Crippen LogP contribution is -2.59. The third-order valence-corrected chi connectivity index (χ3v) is 11.0. The zero-order chi connectivity index (χ0) is 24.1. The molecule has 4 saturated carbocycles. The Labute approximate surface area is 203 Å². The number of hydrogen-bond donors (Lipinski definition) is 1. The van der Waals surface area contributed by atoms with Gasteiger partial charge in [-0.15, -0.1) is 10.2 Å². The Balaban J connectivity index is 1.35. The first-order chi connectivity index (χ1) is 16.2. The van der Waals surface area contributed by atoms with Crippen LogP contribution in [0.1, 0.15) is 97.7 Å². The Hall–Kier alpha value is -1.79. The molecule has 0 spiro atoms. The summed E-state index contributed by atoms with van der Waals surface area (Å²) in [5.74, 6) is 4.39. The zero-order valence-electron chi connectivity index (χ0n) is 21.4. The largest absolute Gasteiger partial charge is 0.462 e. The average Bonchev–Trinajstić information content (AvgIpc) is 3.41. The average molecular weight is 471 g/mol. The summed E-state index contributed by atoms with van der Waals surface area (Å²) in [5.41, 5.74) is 0.518. The van der Waals surface area contributed by atoms with Gasteiger partial charge >= 0.3 is 5.97 Å². The molecule has 9 atom stereocenters. The molecule has 4 aliphatic carbocycles. The molecule has 0 saturated heterocycles. The Morgan fingerprint density at radius 2 is 1.97 bits per heavy atom. The van der Waals surface area contributed by atoms with Gasteiger partial charge in [0.1, 0.15) is 11.9 Å². The number of nitrogens with one attached hydrogen (secondary N) is 1. The van der Waals surface area contributed by atoms with E-state index in [1.54, 1.807) is 6.92 Å². The molecule has 1 aromatic heterocycles. The molecule has 0 aliphatic heterocycles. The van der Waals surface area contributed by atoms with E-state index in [9.17, 15) is 9.59 Å². The fourth-order valence-corrected chi connectivity index (χ4v) is 9.37. The van der Waals surface area contributed by atoms with Gasteiger partial charge in [0, 0.05) is 32.1 Å². The zero-order valence-corrected chi connectivity index (χ0v) is 21.4. The second-order valence-electron chi connectivity index (χ2n) is 12.5. The summed E-state index contributed by atoms with van der Waals surface area (Å²) >= 11 is 0. The second-order valence-corrected chi connectivity index (χ2v) is 12.5. The van der Waals surface area contributed by atoms with Crippen molar-refractivity contribution < 1.29 is 14.3 Å². The molecule has 1 aromatic rings. The van der Waals surface area contributed by atoms with E-state index in [-0.39, 0.29) is 17.5 Å². The standard InChI is InChI=1S/C27H42N4O3/c1-16(6-5-7-24-28-30-31-29-24)20-8-9-21-25-22(11-13-27(20,21)4)26(3)12-10-19(33)14-18(26)15-23(25)34-17(2)32/h16,18,20-23,25H,5-15H2,1-4H3,(H,28,29,30,31)/t16-,18?,20?,21?,22?,23?,25?,26?,27?/m1/s1. The van der Waals surface area contributed by atoms with Gasteiger partial charge in [0.2, 0.25) is 0 Å². The maximum absolute atomic E-state index is 12.3. The van der Waals surface area contributed by atoms with Gasteiger partial charge in [-0.1, -0.05) is 26.0 Å². The van der Waals surface area contributed by atoms with Crippen LogP contribution in [-0.2, 0) is 20.7 Å². The van der Waals surface area contributed by atoms with Crippen LogP contribution in [0.2, 0.25) is 0 Å². The summed E-state index contributed by atoms with van der Waals surface area (Å²) in [7, 11) is 0. The van der Waals surface area contributed by atoms with Crippen molar-refractivity contribution in [2.45, 2.75) is 104 Å². The number of tetrazole rings is 1. The molecule has 188 valence electrons. The lowest BCUT2D eigenvalue weighted by atomic mass is 9.43. The maximum Gasteiger partial charge on any atom is 0.302 e. The SMILES string of the molecule is CC(=O)OC1CC2CC(=O)CCC2(C)C2CCC3(C)C(CCC3[C@H](C)CCCc3nn[nH]n3)C12. The Kier molecular flexibility index (Phi) is 6.34. The molecule has 4 aliphatic rings. The summed E-state index contributed by atoms with van der Waals surface area (Å²) < 4.78 is 6.07. The van der Waals surface area contributed by atoms with Crippen LogP contribution >= 0.6 is 0 Å². The molecule has 1 N–H and O–H groups in total. The first kappa shape index (κ1) is 23.9. The van der Waals surface area contributed by atoms with Crippen LogP contribution in [0.4, 0.5) is 0 Å². The molecule has 8 unspecified atom stereocenters. The summed E-state index contributed by atoms with van der Waals surface area (Å²) in [6.07, 6.45) is 11.4. The monoisotopic (exact) mass is 470 g/mol. The van der Waals surface area contributed by atoms with E-state index < -0.39 is 0 Å². The van der Waals surface area contributed by atoms with Crippen LogP contribution in [0, 0.1) is 46.3 Å². The number of rotatable bonds is 6. The smallest absolute Gasteiger partial charge is 0.302 e. The quantitative estimate of drug-likeness (QED) is 0.592. The topological polar surface area (TPSA) is 97.8 Å². The van der Waals surface area contributed by atoms with Crippen molar-refractivity contribution in [1.82, 2.24) is 20.6 Å². The molecule has 0 aromatic carbocycles. The summed E-state index contributed by atoms with van der Waals surface area (Å²) in [4.78, 5) is 24.5. The number of ether oxygens (including phenoxy) is 1. The lowest BCUT2D eigenvalue weighted by molar-refractivity contribution is -0.189. The molecular formula is C27H42N4O3. The van der Waals surface area contributed by atoms with Gasteiger partial charge in [0.05, 0.1) is 0 Å². The van der Waals surface area contributed by atoms with Gasteiger partial charge in [0.25, 0.3) is 0 Å². The fourth-order valence-electron chi connectivity index (χ4n) is 9.37. The van der Waals surface area contributed by atoms with Crippen molar-refractivity contribution in [3.63, 3.8) is 0 Å². The Morgan fingerprint density at radius 1 is 1.18 bits per heavy atom. The number of ketones is 1. The van der Waals surface area contributed by atoms with Crippen molar-refractivity contribution in [3.8, 4) is 0 Å². The number of esters is 1. The van der Waals surface area contributed by atoms with E-state index in [0.29, 0.717) is 53.1 Å². The van der Waals surface area contributed by atoms with E-state index in [1.165, 1.54) is 32.1 Å². The number of Topliss-reactive ketones (excluding diaryl/α,β-unsaturated/α-hetero) is 1. The number of aromatic amines is 1. The van der Waals surface area contributed by atoms with Crippen molar-refractivity contribution in [1.29, 1.82) is 0 Å². The molecule has 0 amide bonds. The third kappa shape index (κ3) is 4.01. The van der Waals surface area contributed by atoms with Crippen LogP contribution in [0.3, 0.4) is 0 Å². The molecule has 7 nitrogen and oxygen atoms in total. The molecule has 5 rings (SSSR count). The number of carbonyl (C=O) groups excluding carboxylic acids is 2. The van der Waals surface area contributed by atoms with Crippen LogP contribution in [0.25, 0.3) is 0 Å². The van der Waals surface area contributed by atoms with Crippen LogP contribution < -0.4 is 0 Å². The summed E-state index contributed by atoms with van der Waals surface area (Å²) in [6.45, 7) is 9.00. The van der Waals surface area contributed by atoms with Crippen molar-refractivity contribution in [2.24, 2.45) is 46.3 Å². The number of hydrogen-bond acceptors (Lipinski definition) is 6. The van der Waals surface area contributed by atoms with Gasteiger partial charge in [-0.25, -0.2) is 0 Å². The van der Waals surface area contributed by atoms with E-state index in [4.69, 9.17) is 4.74 Å². The lowest BCUT2D eigenvalue weighted by Gasteiger charge is -2.62. The Bertz CT molecular complexity index is 904. The molecular weight excluding hydrogens is 428 g/mol. The number of aryl methyl sites for hydroxylation is 1. The third-order valence-electron chi connectivity index (χ3n) is 11.0. The van der Waals surface area contributed by atoms with Gasteiger partial charge in [-0.05, 0) is 91.8 Å². The van der Waals surface area contributed by atoms with Crippen molar-refractivity contribution in [3.05, 3.63) is 5.82 Å². The minimum absolute atomic E-state index is 0.0246.